The molecule has 2 aromatic rings. The highest BCUT2D eigenvalue weighted by atomic mass is 16.4. The van der Waals surface area contributed by atoms with Crippen LogP contribution in [0, 0.1) is 0 Å². The van der Waals surface area contributed by atoms with Crippen LogP contribution in [-0.4, -0.2) is 17.1 Å². The van der Waals surface area contributed by atoms with Gasteiger partial charge in [-0.2, -0.15) is 0 Å². The number of rotatable bonds is 4. The predicted molar refractivity (Wildman–Crippen MR) is 68.0 cm³/mol. The van der Waals surface area contributed by atoms with E-state index in [1.165, 1.54) is 18.4 Å². The first-order chi connectivity index (χ1) is 9.16. The van der Waals surface area contributed by atoms with Gasteiger partial charge in [0.25, 0.3) is 0 Å². The fraction of sp³-hybridized carbons (Fsp3) is 0.0769. The molecule has 2 rings (SSSR count). The molecule has 0 bridgehead atoms. The summed E-state index contributed by atoms with van der Waals surface area (Å²) >= 11 is 0. The molecule has 2 amide bonds. The second-order valence-corrected chi connectivity index (χ2v) is 3.74. The Morgan fingerprint density at radius 1 is 1.16 bits per heavy atom. The van der Waals surface area contributed by atoms with Gasteiger partial charge in [-0.3, -0.25) is 0 Å². The lowest BCUT2D eigenvalue weighted by atomic mass is 10.2. The van der Waals surface area contributed by atoms with Crippen LogP contribution in [0.15, 0.2) is 47.1 Å². The summed E-state index contributed by atoms with van der Waals surface area (Å²) in [7, 11) is 0. The zero-order valence-corrected chi connectivity index (χ0v) is 9.92. The van der Waals surface area contributed by atoms with Crippen LogP contribution in [0.3, 0.4) is 0 Å². The van der Waals surface area contributed by atoms with E-state index in [9.17, 15) is 9.59 Å². The fourth-order valence-corrected chi connectivity index (χ4v) is 1.53. The highest BCUT2D eigenvalue weighted by Gasteiger charge is 2.11. The maximum absolute atomic E-state index is 11.6. The zero-order valence-electron chi connectivity index (χ0n) is 9.92. The van der Waals surface area contributed by atoms with E-state index in [2.05, 4.69) is 10.6 Å². The Morgan fingerprint density at radius 2 is 1.95 bits per heavy atom. The number of nitrogens with one attached hydrogen (secondary N) is 2. The van der Waals surface area contributed by atoms with Crippen molar-refractivity contribution in [3.8, 4) is 0 Å². The fourth-order valence-electron chi connectivity index (χ4n) is 1.53. The molecule has 0 aliphatic heterocycles. The molecule has 0 saturated carbocycles. The van der Waals surface area contributed by atoms with Gasteiger partial charge in [-0.25, -0.2) is 9.59 Å². The minimum Gasteiger partial charge on any atom is -0.478 e. The Kier molecular flexibility index (Phi) is 3.82. The molecule has 0 radical (unpaired) electrons. The van der Waals surface area contributed by atoms with Crippen LogP contribution in [0.1, 0.15) is 16.1 Å². The largest absolute Gasteiger partial charge is 0.478 e. The van der Waals surface area contributed by atoms with E-state index in [1.807, 2.05) is 0 Å². The third-order valence-electron chi connectivity index (χ3n) is 2.41. The number of hydrogen-bond donors (Lipinski definition) is 3. The molecule has 6 heteroatoms. The molecule has 98 valence electrons. The number of carbonyl (C=O) groups is 2. The molecule has 0 aliphatic carbocycles. The van der Waals surface area contributed by atoms with Crippen LogP contribution in [0.25, 0.3) is 0 Å². The van der Waals surface area contributed by atoms with E-state index < -0.39 is 12.0 Å². The Balaban J connectivity index is 1.97. The van der Waals surface area contributed by atoms with E-state index in [1.54, 1.807) is 24.3 Å². The monoisotopic (exact) mass is 260 g/mol. The lowest BCUT2D eigenvalue weighted by Gasteiger charge is -2.08. The SMILES string of the molecule is O=C(NCc1ccco1)Nc1ccccc1C(=O)O. The van der Waals surface area contributed by atoms with Gasteiger partial charge >= 0.3 is 12.0 Å². The average molecular weight is 260 g/mol. The summed E-state index contributed by atoms with van der Waals surface area (Å²) in [6.07, 6.45) is 1.51. The molecular formula is C13H12N2O4. The lowest BCUT2D eigenvalue weighted by Crippen LogP contribution is -2.28. The molecular weight excluding hydrogens is 248 g/mol. The number of carboxylic acids is 1. The van der Waals surface area contributed by atoms with Crippen molar-refractivity contribution in [1.82, 2.24) is 5.32 Å². The topological polar surface area (TPSA) is 91.6 Å². The summed E-state index contributed by atoms with van der Waals surface area (Å²) in [5.41, 5.74) is 0.280. The molecule has 19 heavy (non-hydrogen) atoms. The number of anilines is 1. The van der Waals surface area contributed by atoms with Crippen molar-refractivity contribution >= 4 is 17.7 Å². The Morgan fingerprint density at radius 3 is 2.63 bits per heavy atom. The number of hydrogen-bond acceptors (Lipinski definition) is 3. The number of para-hydroxylation sites is 1. The van der Waals surface area contributed by atoms with Crippen molar-refractivity contribution in [3.63, 3.8) is 0 Å². The number of furan rings is 1. The average Bonchev–Trinajstić information content (AvgIpc) is 2.90. The normalized spacial score (nSPS) is 9.89. The van der Waals surface area contributed by atoms with Gasteiger partial charge in [0.2, 0.25) is 0 Å². The third-order valence-corrected chi connectivity index (χ3v) is 2.41. The molecule has 1 aromatic heterocycles. The van der Waals surface area contributed by atoms with Gasteiger partial charge in [-0.05, 0) is 24.3 Å². The van der Waals surface area contributed by atoms with Crippen molar-refractivity contribution < 1.29 is 19.1 Å². The molecule has 0 atom stereocenters. The molecule has 0 aliphatic rings. The molecule has 1 aromatic carbocycles. The molecule has 0 saturated heterocycles. The van der Waals surface area contributed by atoms with Crippen LogP contribution in [0.4, 0.5) is 10.5 Å². The Labute approximate surface area is 109 Å². The number of benzene rings is 1. The van der Waals surface area contributed by atoms with E-state index in [-0.39, 0.29) is 17.8 Å². The summed E-state index contributed by atoms with van der Waals surface area (Å²) in [5, 5.41) is 14.0. The van der Waals surface area contributed by atoms with E-state index >= 15 is 0 Å². The number of amides is 2. The van der Waals surface area contributed by atoms with Crippen molar-refractivity contribution in [1.29, 1.82) is 0 Å². The first-order valence-corrected chi connectivity index (χ1v) is 5.56. The van der Waals surface area contributed by atoms with Gasteiger partial charge < -0.3 is 20.2 Å². The van der Waals surface area contributed by atoms with Gasteiger partial charge in [0.05, 0.1) is 24.1 Å². The van der Waals surface area contributed by atoms with Crippen molar-refractivity contribution in [3.05, 3.63) is 54.0 Å². The minimum atomic E-state index is -1.10. The summed E-state index contributed by atoms with van der Waals surface area (Å²) in [4.78, 5) is 22.6. The summed E-state index contributed by atoms with van der Waals surface area (Å²) < 4.78 is 5.06. The summed E-state index contributed by atoms with van der Waals surface area (Å²) in [6, 6.07) is 9.13. The predicted octanol–water partition coefficient (Wildman–Crippen LogP) is 2.30. The standard InChI is InChI=1S/C13H12N2O4/c16-12(17)10-5-1-2-6-11(10)15-13(18)14-8-9-4-3-7-19-9/h1-7H,8H2,(H,16,17)(H2,14,15,18). The van der Waals surface area contributed by atoms with Crippen LogP contribution in [-0.2, 0) is 6.54 Å². The second kappa shape index (κ2) is 5.72. The quantitative estimate of drug-likeness (QED) is 0.786. The minimum absolute atomic E-state index is 0.0376. The zero-order chi connectivity index (χ0) is 13.7. The van der Waals surface area contributed by atoms with Crippen molar-refractivity contribution in [2.75, 3.05) is 5.32 Å². The molecule has 0 spiro atoms. The molecule has 3 N–H and O–H groups in total. The first kappa shape index (κ1) is 12.7. The van der Waals surface area contributed by atoms with Crippen molar-refractivity contribution in [2.45, 2.75) is 6.54 Å². The van der Waals surface area contributed by atoms with Gasteiger partial charge in [0.1, 0.15) is 5.76 Å². The summed E-state index contributed by atoms with van der Waals surface area (Å²) in [5.74, 6) is -0.483. The van der Waals surface area contributed by atoms with Crippen LogP contribution in [0.5, 0.6) is 0 Å². The summed E-state index contributed by atoms with van der Waals surface area (Å²) in [6.45, 7) is 0.230. The number of urea groups is 1. The molecule has 1 heterocycles. The maximum atomic E-state index is 11.6. The number of aromatic carboxylic acids is 1. The molecule has 0 unspecified atom stereocenters. The van der Waals surface area contributed by atoms with Gasteiger partial charge in [-0.15, -0.1) is 0 Å². The van der Waals surface area contributed by atoms with Gasteiger partial charge in [-0.1, -0.05) is 12.1 Å². The van der Waals surface area contributed by atoms with E-state index in [0.717, 1.165) is 0 Å². The molecule has 0 fully saturated rings. The van der Waals surface area contributed by atoms with E-state index in [0.29, 0.717) is 5.76 Å². The second-order valence-electron chi connectivity index (χ2n) is 3.74. The highest BCUT2D eigenvalue weighted by molar-refractivity contribution is 5.99. The van der Waals surface area contributed by atoms with Crippen molar-refractivity contribution in [2.24, 2.45) is 0 Å². The smallest absolute Gasteiger partial charge is 0.337 e. The number of carbonyl (C=O) groups excluding carboxylic acids is 1. The number of carboxylic acid groups (broad SMARTS) is 1. The lowest BCUT2D eigenvalue weighted by molar-refractivity contribution is 0.0698. The highest BCUT2D eigenvalue weighted by Crippen LogP contribution is 2.14. The third kappa shape index (κ3) is 3.35. The first-order valence-electron chi connectivity index (χ1n) is 5.56. The van der Waals surface area contributed by atoms with Crippen LogP contribution in [0.2, 0.25) is 0 Å². The van der Waals surface area contributed by atoms with Gasteiger partial charge in [0, 0.05) is 0 Å². The van der Waals surface area contributed by atoms with Gasteiger partial charge in [0.15, 0.2) is 0 Å². The van der Waals surface area contributed by atoms with E-state index in [4.69, 9.17) is 9.52 Å². The molecule has 6 nitrogen and oxygen atoms in total. The van der Waals surface area contributed by atoms with Crippen LogP contribution >= 0.6 is 0 Å². The Bertz CT molecular complexity index is 578. The Hall–Kier alpha value is -2.76. The van der Waals surface area contributed by atoms with Crippen LogP contribution < -0.4 is 10.6 Å². The maximum Gasteiger partial charge on any atom is 0.337 e.